The second-order valence-corrected chi connectivity index (χ2v) is 0.763. The van der Waals surface area contributed by atoms with Crippen molar-refractivity contribution in [2.75, 3.05) is 6.67 Å². The van der Waals surface area contributed by atoms with Crippen LogP contribution in [-0.2, 0) is 0 Å². The van der Waals surface area contributed by atoms with E-state index in [9.17, 15) is 8.78 Å². The largest absolute Gasteiger partial charge is 0.364 e. The Hall–Kier alpha value is -0.180. The fourth-order valence-electron chi connectivity index (χ4n) is 0.0735. The van der Waals surface area contributed by atoms with Crippen LogP contribution in [0, 0.1) is 6.42 Å². The molecule has 37 valence electrons. The third kappa shape index (κ3) is 3.82. The zero-order chi connectivity index (χ0) is 4.99. The van der Waals surface area contributed by atoms with Crippen molar-refractivity contribution in [3.63, 3.8) is 0 Å². The number of alkyl halides is 2. The van der Waals surface area contributed by atoms with Crippen LogP contribution in [0.3, 0.4) is 0 Å². The van der Waals surface area contributed by atoms with Gasteiger partial charge in [-0.3, -0.25) is 4.39 Å². The molecule has 0 aromatic carbocycles. The molecule has 0 aliphatic carbocycles. The summed E-state index contributed by atoms with van der Waals surface area (Å²) in [6, 6.07) is 0. The van der Waals surface area contributed by atoms with Crippen LogP contribution in [0.25, 0.3) is 0 Å². The van der Waals surface area contributed by atoms with E-state index in [0.717, 1.165) is 0 Å². The summed E-state index contributed by atoms with van der Waals surface area (Å²) < 4.78 is 21.8. The fourth-order valence-corrected chi connectivity index (χ4v) is 0.0735. The molecule has 0 aliphatic rings. The van der Waals surface area contributed by atoms with Crippen molar-refractivity contribution < 1.29 is 13.9 Å². The molecule has 0 fully saturated rings. The quantitative estimate of drug-likeness (QED) is 0.527. The van der Waals surface area contributed by atoms with E-state index in [-0.39, 0.29) is 0 Å². The molecule has 0 spiro atoms. The smallest absolute Gasteiger partial charge is 0.202 e. The van der Waals surface area contributed by atoms with Gasteiger partial charge in [-0.25, -0.2) is 4.39 Å². The highest BCUT2D eigenvalue weighted by molar-refractivity contribution is 4.62. The molecule has 0 aliphatic heterocycles. The van der Waals surface area contributed by atoms with Crippen LogP contribution in [0.5, 0.6) is 0 Å². The molecular weight excluding hydrogens is 90.0 g/mol. The Labute approximate surface area is 34.6 Å². The second kappa shape index (κ2) is 3.03. The molecule has 0 heterocycles. The zero-order valence-electron chi connectivity index (χ0n) is 3.06. The molecule has 0 bridgehead atoms. The first-order valence-corrected chi connectivity index (χ1v) is 1.49. The first kappa shape index (κ1) is 5.82. The third-order valence-corrected chi connectivity index (χ3v) is 0.284. The van der Waals surface area contributed by atoms with E-state index in [0.29, 0.717) is 6.42 Å². The fraction of sp³-hybridized carbons (Fsp3) is 0.667. The molecule has 3 heteroatoms. The molecule has 1 nitrogen and oxygen atoms in total. The van der Waals surface area contributed by atoms with Gasteiger partial charge in [-0.1, -0.05) is 0 Å². The lowest BCUT2D eigenvalue weighted by atomic mass is 10.5. The lowest BCUT2D eigenvalue weighted by molar-refractivity contribution is 0.0673. The molecule has 0 amide bonds. The van der Waals surface area contributed by atoms with Crippen LogP contribution in [0.2, 0.25) is 0 Å². The highest BCUT2D eigenvalue weighted by atomic mass is 19.2. The monoisotopic (exact) mass is 95.0 g/mol. The SMILES string of the molecule is OC(F)[CH]CF. The number of hydrogen-bond acceptors (Lipinski definition) is 1. The van der Waals surface area contributed by atoms with E-state index < -0.39 is 13.0 Å². The van der Waals surface area contributed by atoms with Crippen molar-refractivity contribution >= 4 is 0 Å². The maximum Gasteiger partial charge on any atom is 0.202 e. The average molecular weight is 95.1 g/mol. The summed E-state index contributed by atoms with van der Waals surface area (Å²) in [5.74, 6) is 0. The number of aliphatic hydroxyl groups is 1. The van der Waals surface area contributed by atoms with E-state index >= 15 is 0 Å². The van der Waals surface area contributed by atoms with E-state index in [1.807, 2.05) is 0 Å². The van der Waals surface area contributed by atoms with Gasteiger partial charge in [0.15, 0.2) is 0 Å². The minimum atomic E-state index is -2.10. The number of aliphatic hydroxyl groups excluding tert-OH is 1. The normalized spacial score (nSPS) is 14.5. The predicted octanol–water partition coefficient (Wildman–Crippen LogP) is 0.448. The molecule has 1 radical (unpaired) electrons. The molecule has 0 aromatic heterocycles. The third-order valence-electron chi connectivity index (χ3n) is 0.284. The van der Waals surface area contributed by atoms with Crippen molar-refractivity contribution in [1.82, 2.24) is 0 Å². The number of hydrogen-bond donors (Lipinski definition) is 1. The Balaban J connectivity index is 2.63. The molecule has 0 saturated carbocycles. The summed E-state index contributed by atoms with van der Waals surface area (Å²) in [6.07, 6.45) is -1.59. The Morgan fingerprint density at radius 1 is 1.83 bits per heavy atom. The van der Waals surface area contributed by atoms with Gasteiger partial charge in [0.2, 0.25) is 6.36 Å². The first-order chi connectivity index (χ1) is 2.77. The van der Waals surface area contributed by atoms with Gasteiger partial charge in [0, 0.05) is 0 Å². The van der Waals surface area contributed by atoms with Gasteiger partial charge in [-0.15, -0.1) is 0 Å². The molecular formula is C3H5F2O. The van der Waals surface area contributed by atoms with Gasteiger partial charge < -0.3 is 5.11 Å². The van der Waals surface area contributed by atoms with Crippen LogP contribution in [-0.4, -0.2) is 18.1 Å². The van der Waals surface area contributed by atoms with Crippen molar-refractivity contribution in [3.05, 3.63) is 6.42 Å². The van der Waals surface area contributed by atoms with Crippen LogP contribution in [0.1, 0.15) is 0 Å². The van der Waals surface area contributed by atoms with Crippen LogP contribution >= 0.6 is 0 Å². The van der Waals surface area contributed by atoms with Crippen LogP contribution in [0.15, 0.2) is 0 Å². The summed E-state index contributed by atoms with van der Waals surface area (Å²) >= 11 is 0. The van der Waals surface area contributed by atoms with E-state index in [1.165, 1.54) is 0 Å². The topological polar surface area (TPSA) is 20.2 Å². The van der Waals surface area contributed by atoms with Gasteiger partial charge in [-0.05, 0) is 0 Å². The van der Waals surface area contributed by atoms with E-state index in [2.05, 4.69) is 0 Å². The highest BCUT2D eigenvalue weighted by Gasteiger charge is 1.95. The van der Waals surface area contributed by atoms with Gasteiger partial charge in [0.05, 0.1) is 13.1 Å². The van der Waals surface area contributed by atoms with E-state index in [1.54, 1.807) is 0 Å². The van der Waals surface area contributed by atoms with Crippen molar-refractivity contribution in [1.29, 1.82) is 0 Å². The Bertz CT molecular complexity index is 30.0. The zero-order valence-corrected chi connectivity index (χ0v) is 3.06. The van der Waals surface area contributed by atoms with Gasteiger partial charge in [0.25, 0.3) is 0 Å². The van der Waals surface area contributed by atoms with E-state index in [4.69, 9.17) is 5.11 Å². The lowest BCUT2D eigenvalue weighted by Gasteiger charge is -1.88. The lowest BCUT2D eigenvalue weighted by Crippen LogP contribution is -1.97. The molecule has 1 N–H and O–H groups in total. The number of halogens is 2. The molecule has 0 rings (SSSR count). The Kier molecular flexibility index (Phi) is 2.94. The summed E-state index contributed by atoms with van der Waals surface area (Å²) in [4.78, 5) is 0. The van der Waals surface area contributed by atoms with Gasteiger partial charge >= 0.3 is 0 Å². The first-order valence-electron chi connectivity index (χ1n) is 1.49. The minimum absolute atomic E-state index is 0.514. The molecule has 1 unspecified atom stereocenters. The Morgan fingerprint density at radius 2 is 2.33 bits per heavy atom. The molecule has 0 aromatic rings. The summed E-state index contributed by atoms with van der Waals surface area (Å²) in [6.45, 7) is -0.919. The summed E-state index contributed by atoms with van der Waals surface area (Å²) in [5.41, 5.74) is 0. The highest BCUT2D eigenvalue weighted by Crippen LogP contribution is 1.88. The summed E-state index contributed by atoms with van der Waals surface area (Å²) in [7, 11) is 0. The second-order valence-electron chi connectivity index (χ2n) is 0.763. The van der Waals surface area contributed by atoms with Crippen molar-refractivity contribution in [2.24, 2.45) is 0 Å². The van der Waals surface area contributed by atoms with Crippen molar-refractivity contribution in [3.8, 4) is 0 Å². The standard InChI is InChI=1S/C3H5F2O/c4-2-1-3(5)6/h1,3,6H,2H2. The summed E-state index contributed by atoms with van der Waals surface area (Å²) in [5, 5.41) is 7.59. The van der Waals surface area contributed by atoms with Gasteiger partial charge in [0.1, 0.15) is 0 Å². The average Bonchev–Trinajstić information content (AvgIpc) is 1.35. The van der Waals surface area contributed by atoms with Crippen molar-refractivity contribution in [2.45, 2.75) is 6.36 Å². The Morgan fingerprint density at radius 3 is 2.33 bits per heavy atom. The van der Waals surface area contributed by atoms with Crippen LogP contribution in [0.4, 0.5) is 8.78 Å². The van der Waals surface area contributed by atoms with Gasteiger partial charge in [-0.2, -0.15) is 0 Å². The maximum atomic E-state index is 11.0. The molecule has 1 atom stereocenters. The maximum absolute atomic E-state index is 11.0. The molecule has 0 saturated heterocycles. The number of rotatable bonds is 2. The van der Waals surface area contributed by atoms with Crippen LogP contribution < -0.4 is 0 Å². The predicted molar refractivity (Wildman–Crippen MR) is 17.4 cm³/mol. The minimum Gasteiger partial charge on any atom is -0.364 e. The molecule has 6 heavy (non-hydrogen) atoms.